The van der Waals surface area contributed by atoms with Crippen molar-refractivity contribution in [1.82, 2.24) is 0 Å². The molecule has 7 heteroatoms. The number of aliphatic hydroxyl groups is 3. The second-order valence-electron chi connectivity index (χ2n) is 5.50. The highest BCUT2D eigenvalue weighted by molar-refractivity contribution is 5.89. The van der Waals surface area contributed by atoms with Crippen LogP contribution in [0.1, 0.15) is 33.6 Å². The molecule has 7 nitrogen and oxygen atoms in total. The highest BCUT2D eigenvalue weighted by atomic mass is 16.6. The Balaban J connectivity index is 2.47. The van der Waals surface area contributed by atoms with Gasteiger partial charge in [-0.1, -0.05) is 27.2 Å². The van der Waals surface area contributed by atoms with Crippen LogP contribution in [0.4, 0.5) is 0 Å². The van der Waals surface area contributed by atoms with Crippen LogP contribution < -0.4 is 0 Å². The quantitative estimate of drug-likeness (QED) is 0.624. The number of carbonyl (C=O) groups is 2. The normalized spacial score (nSPS) is 20.8. The molecule has 0 bridgehead atoms. The first kappa shape index (κ1) is 16.3. The van der Waals surface area contributed by atoms with Crippen LogP contribution in [-0.4, -0.2) is 46.1 Å². The van der Waals surface area contributed by atoms with E-state index in [1.165, 1.54) is 0 Å². The molecular weight excluding hydrogens is 268 g/mol. The van der Waals surface area contributed by atoms with Crippen LogP contribution in [-0.2, 0) is 19.1 Å². The molecule has 3 N–H and O–H groups in total. The van der Waals surface area contributed by atoms with Gasteiger partial charge in [0.15, 0.2) is 11.9 Å². The first-order chi connectivity index (χ1) is 9.18. The highest BCUT2D eigenvalue weighted by Crippen LogP contribution is 2.25. The highest BCUT2D eigenvalue weighted by Gasteiger charge is 2.39. The lowest BCUT2D eigenvalue weighted by molar-refractivity contribution is -0.155. The summed E-state index contributed by atoms with van der Waals surface area (Å²) in [6.45, 7) is 5.34. The Morgan fingerprint density at radius 2 is 2.05 bits per heavy atom. The first-order valence-corrected chi connectivity index (χ1v) is 6.34. The SMILES string of the molecule is CCC(C)(C)CC(=O)OCC(O)C1OC(=O)C(O)=C1O. The average molecular weight is 288 g/mol. The van der Waals surface area contributed by atoms with Gasteiger partial charge >= 0.3 is 11.9 Å². The molecule has 114 valence electrons. The lowest BCUT2D eigenvalue weighted by Crippen LogP contribution is -2.34. The van der Waals surface area contributed by atoms with Crippen LogP contribution in [0.25, 0.3) is 0 Å². The molecule has 20 heavy (non-hydrogen) atoms. The molecular formula is C13H20O7. The van der Waals surface area contributed by atoms with Gasteiger partial charge in [-0.2, -0.15) is 0 Å². The third-order valence-corrected chi connectivity index (χ3v) is 3.28. The van der Waals surface area contributed by atoms with Crippen LogP contribution in [0.15, 0.2) is 11.5 Å². The van der Waals surface area contributed by atoms with E-state index in [4.69, 9.17) is 9.84 Å². The molecule has 0 aromatic carbocycles. The Kier molecular flexibility index (Phi) is 4.99. The molecule has 2 atom stereocenters. The summed E-state index contributed by atoms with van der Waals surface area (Å²) in [5.74, 6) is -3.31. The number of rotatable bonds is 6. The predicted molar refractivity (Wildman–Crippen MR) is 67.8 cm³/mol. The molecule has 1 rings (SSSR count). The summed E-state index contributed by atoms with van der Waals surface area (Å²) >= 11 is 0. The third-order valence-electron chi connectivity index (χ3n) is 3.28. The second-order valence-corrected chi connectivity index (χ2v) is 5.50. The maximum atomic E-state index is 11.6. The van der Waals surface area contributed by atoms with Gasteiger partial charge in [-0.3, -0.25) is 4.79 Å². The molecule has 2 unspecified atom stereocenters. The number of aliphatic hydroxyl groups excluding tert-OH is 3. The molecule has 0 radical (unpaired) electrons. The number of hydrogen-bond donors (Lipinski definition) is 3. The zero-order valence-electron chi connectivity index (χ0n) is 11.8. The molecule has 0 fully saturated rings. The van der Waals surface area contributed by atoms with Crippen LogP contribution in [0.2, 0.25) is 0 Å². The number of carbonyl (C=O) groups excluding carboxylic acids is 2. The molecule has 0 saturated carbocycles. The minimum Gasteiger partial charge on any atom is -0.505 e. The smallest absolute Gasteiger partial charge is 0.377 e. The van der Waals surface area contributed by atoms with Crippen molar-refractivity contribution in [2.45, 2.75) is 45.8 Å². The van der Waals surface area contributed by atoms with Crippen molar-refractivity contribution in [2.75, 3.05) is 6.61 Å². The van der Waals surface area contributed by atoms with Crippen molar-refractivity contribution in [3.63, 3.8) is 0 Å². The number of cyclic esters (lactones) is 1. The van der Waals surface area contributed by atoms with Crippen molar-refractivity contribution >= 4 is 11.9 Å². The van der Waals surface area contributed by atoms with E-state index in [0.717, 1.165) is 6.42 Å². The second kappa shape index (κ2) is 6.13. The molecule has 0 amide bonds. The Labute approximate surface area is 116 Å². The fourth-order valence-electron chi connectivity index (χ4n) is 1.56. The van der Waals surface area contributed by atoms with E-state index in [2.05, 4.69) is 4.74 Å². The van der Waals surface area contributed by atoms with Gasteiger partial charge in [0.1, 0.15) is 12.7 Å². The third kappa shape index (κ3) is 3.86. The predicted octanol–water partition coefficient (Wildman–Crippen LogP) is 0.970. The van der Waals surface area contributed by atoms with Crippen LogP contribution in [0.5, 0.6) is 0 Å². The van der Waals surface area contributed by atoms with E-state index in [1.54, 1.807) is 0 Å². The van der Waals surface area contributed by atoms with Crippen LogP contribution in [0.3, 0.4) is 0 Å². The molecule has 0 aromatic heterocycles. The maximum absolute atomic E-state index is 11.6. The molecule has 0 spiro atoms. The molecule has 0 aliphatic carbocycles. The zero-order valence-corrected chi connectivity index (χ0v) is 11.8. The van der Waals surface area contributed by atoms with Crippen molar-refractivity contribution < 1.29 is 34.4 Å². The molecule has 0 aromatic rings. The standard InChI is InChI=1S/C13H20O7/c1-4-13(2,3)5-8(15)19-6-7(14)11-9(16)10(17)12(18)20-11/h7,11,14,16-17H,4-6H2,1-3H3. The van der Waals surface area contributed by atoms with Crippen molar-refractivity contribution in [3.05, 3.63) is 11.5 Å². The minimum absolute atomic E-state index is 0.188. The fraction of sp³-hybridized carbons (Fsp3) is 0.692. The van der Waals surface area contributed by atoms with Gasteiger partial charge in [-0.15, -0.1) is 0 Å². The monoisotopic (exact) mass is 288 g/mol. The lowest BCUT2D eigenvalue weighted by atomic mass is 9.87. The lowest BCUT2D eigenvalue weighted by Gasteiger charge is -2.22. The van der Waals surface area contributed by atoms with E-state index >= 15 is 0 Å². The Morgan fingerprint density at radius 3 is 2.50 bits per heavy atom. The molecule has 1 aliphatic rings. The van der Waals surface area contributed by atoms with Gasteiger partial charge in [0, 0.05) is 0 Å². The summed E-state index contributed by atoms with van der Waals surface area (Å²) in [6.07, 6.45) is -1.86. The summed E-state index contributed by atoms with van der Waals surface area (Å²) in [5, 5.41) is 28.2. The summed E-state index contributed by atoms with van der Waals surface area (Å²) in [4.78, 5) is 22.5. The Hall–Kier alpha value is -1.76. The molecule has 1 aliphatic heterocycles. The fourth-order valence-corrected chi connectivity index (χ4v) is 1.56. The molecule has 1 heterocycles. The number of hydrogen-bond acceptors (Lipinski definition) is 7. The van der Waals surface area contributed by atoms with E-state index in [1.807, 2.05) is 20.8 Å². The van der Waals surface area contributed by atoms with Crippen LogP contribution in [0, 0.1) is 5.41 Å². The van der Waals surface area contributed by atoms with Gasteiger partial charge in [-0.05, 0) is 5.41 Å². The van der Waals surface area contributed by atoms with Crippen LogP contribution >= 0.6 is 0 Å². The summed E-state index contributed by atoms with van der Waals surface area (Å²) in [5.41, 5.74) is -0.206. The summed E-state index contributed by atoms with van der Waals surface area (Å²) in [6, 6.07) is 0. The van der Waals surface area contributed by atoms with Crippen molar-refractivity contribution in [2.24, 2.45) is 5.41 Å². The van der Waals surface area contributed by atoms with Gasteiger partial charge in [0.05, 0.1) is 6.42 Å². The largest absolute Gasteiger partial charge is 0.505 e. The van der Waals surface area contributed by atoms with E-state index < -0.39 is 42.3 Å². The number of ether oxygens (including phenoxy) is 2. The van der Waals surface area contributed by atoms with Crippen molar-refractivity contribution in [1.29, 1.82) is 0 Å². The maximum Gasteiger partial charge on any atom is 0.377 e. The first-order valence-electron chi connectivity index (χ1n) is 6.34. The topological polar surface area (TPSA) is 113 Å². The van der Waals surface area contributed by atoms with E-state index in [-0.39, 0.29) is 11.8 Å². The zero-order chi connectivity index (χ0) is 15.5. The molecule has 0 saturated heterocycles. The number of esters is 2. The minimum atomic E-state index is -1.43. The van der Waals surface area contributed by atoms with E-state index in [0.29, 0.717) is 0 Å². The van der Waals surface area contributed by atoms with E-state index in [9.17, 15) is 19.8 Å². The van der Waals surface area contributed by atoms with Gasteiger partial charge in [0.2, 0.25) is 5.76 Å². The van der Waals surface area contributed by atoms with Crippen molar-refractivity contribution in [3.8, 4) is 0 Å². The summed E-state index contributed by atoms with van der Waals surface area (Å²) in [7, 11) is 0. The average Bonchev–Trinajstić information content (AvgIpc) is 2.63. The van der Waals surface area contributed by atoms with Gasteiger partial charge in [-0.25, -0.2) is 4.79 Å². The Morgan fingerprint density at radius 1 is 1.45 bits per heavy atom. The Bertz CT molecular complexity index is 424. The van der Waals surface area contributed by atoms with Gasteiger partial charge in [0.25, 0.3) is 0 Å². The summed E-state index contributed by atoms with van der Waals surface area (Å²) < 4.78 is 9.42. The van der Waals surface area contributed by atoms with Gasteiger partial charge < -0.3 is 24.8 Å².